The number of hydrogen-bond donors (Lipinski definition) is 1. The van der Waals surface area contributed by atoms with Crippen LogP contribution in [0.1, 0.15) is 36.2 Å². The second-order valence-corrected chi connectivity index (χ2v) is 6.04. The van der Waals surface area contributed by atoms with Gasteiger partial charge in [0.15, 0.2) is 0 Å². The predicted molar refractivity (Wildman–Crippen MR) is 99.0 cm³/mol. The molecule has 1 N–H and O–H groups in total. The van der Waals surface area contributed by atoms with Crippen LogP contribution in [0.4, 0.5) is 0 Å². The number of H-pyrrole nitrogens is 1. The fraction of sp³-hybridized carbons (Fsp3) is 0.300. The molecule has 0 fully saturated rings. The number of aryl methyl sites for hydroxylation is 2. The first-order valence-corrected chi connectivity index (χ1v) is 8.52. The van der Waals surface area contributed by atoms with E-state index in [2.05, 4.69) is 45.6 Å². The lowest BCUT2D eigenvalue weighted by Crippen LogP contribution is -2.20. The summed E-state index contributed by atoms with van der Waals surface area (Å²) in [6.45, 7) is 5.13. The molecule has 25 heavy (non-hydrogen) atoms. The van der Waals surface area contributed by atoms with Crippen molar-refractivity contribution in [3.05, 3.63) is 58.0 Å². The zero-order valence-corrected chi connectivity index (χ0v) is 14.8. The molecule has 3 rings (SSSR count). The predicted octanol–water partition coefficient (Wildman–Crippen LogP) is 3.76. The molecule has 0 atom stereocenters. The molecule has 0 aliphatic carbocycles. The Morgan fingerprint density at radius 3 is 2.68 bits per heavy atom. The molecule has 0 aliphatic heterocycles. The number of fused-ring (bicyclic) bond motifs is 1. The molecule has 0 amide bonds. The Kier molecular flexibility index (Phi) is 4.74. The number of nitrogens with one attached hydrogen (secondary N) is 1. The van der Waals surface area contributed by atoms with Crippen molar-refractivity contribution in [3.8, 4) is 11.3 Å². The third-order valence-corrected chi connectivity index (χ3v) is 4.43. The van der Waals surface area contributed by atoms with Crippen molar-refractivity contribution in [2.24, 2.45) is 0 Å². The van der Waals surface area contributed by atoms with Gasteiger partial charge >= 0.3 is 5.97 Å². The average molecular weight is 338 g/mol. The van der Waals surface area contributed by atoms with Crippen molar-refractivity contribution in [1.82, 2.24) is 9.55 Å². The second kappa shape index (κ2) is 6.97. The monoisotopic (exact) mass is 338 g/mol. The third kappa shape index (κ3) is 3.09. The number of esters is 1. The molecule has 2 heterocycles. The van der Waals surface area contributed by atoms with Crippen LogP contribution in [0.3, 0.4) is 0 Å². The number of aromatic amines is 1. The highest BCUT2D eigenvalue weighted by Crippen LogP contribution is 2.26. The quantitative estimate of drug-likeness (QED) is 0.721. The zero-order valence-electron chi connectivity index (χ0n) is 14.8. The van der Waals surface area contributed by atoms with Crippen LogP contribution < -0.4 is 5.56 Å². The highest BCUT2D eigenvalue weighted by Gasteiger charge is 2.16. The van der Waals surface area contributed by atoms with E-state index in [1.54, 1.807) is 6.07 Å². The Hall–Kier alpha value is -2.82. The fourth-order valence-corrected chi connectivity index (χ4v) is 3.16. The number of aromatic nitrogens is 2. The van der Waals surface area contributed by atoms with Crippen LogP contribution in [0, 0.1) is 0 Å². The summed E-state index contributed by atoms with van der Waals surface area (Å²) in [7, 11) is 1.27. The molecule has 0 saturated heterocycles. The highest BCUT2D eigenvalue weighted by molar-refractivity contribution is 5.90. The molecule has 1 aromatic carbocycles. The van der Waals surface area contributed by atoms with E-state index in [9.17, 15) is 9.59 Å². The Morgan fingerprint density at radius 1 is 1.20 bits per heavy atom. The van der Waals surface area contributed by atoms with Gasteiger partial charge in [-0.1, -0.05) is 19.9 Å². The first-order chi connectivity index (χ1) is 12.1. The van der Waals surface area contributed by atoms with E-state index in [0.29, 0.717) is 6.42 Å². The van der Waals surface area contributed by atoms with Gasteiger partial charge in [-0.3, -0.25) is 4.79 Å². The van der Waals surface area contributed by atoms with Gasteiger partial charge in [0, 0.05) is 23.6 Å². The van der Waals surface area contributed by atoms with Gasteiger partial charge in [0.25, 0.3) is 5.56 Å². The van der Waals surface area contributed by atoms with Crippen LogP contribution in [0.5, 0.6) is 0 Å². The van der Waals surface area contributed by atoms with Gasteiger partial charge in [-0.2, -0.15) is 0 Å². The van der Waals surface area contributed by atoms with E-state index in [1.165, 1.54) is 12.6 Å². The van der Waals surface area contributed by atoms with Crippen molar-refractivity contribution >= 4 is 16.9 Å². The molecule has 0 spiro atoms. The second-order valence-electron chi connectivity index (χ2n) is 6.04. The van der Waals surface area contributed by atoms with E-state index in [4.69, 9.17) is 0 Å². The van der Waals surface area contributed by atoms with Crippen molar-refractivity contribution in [2.75, 3.05) is 7.11 Å². The van der Waals surface area contributed by atoms with Gasteiger partial charge in [0.2, 0.25) is 0 Å². The van der Waals surface area contributed by atoms with Crippen LogP contribution in [0.15, 0.2) is 41.3 Å². The lowest BCUT2D eigenvalue weighted by Gasteiger charge is -2.11. The number of carbonyl (C=O) groups excluding carboxylic acids is 1. The Morgan fingerprint density at radius 2 is 2.00 bits per heavy atom. The molecule has 0 aliphatic rings. The lowest BCUT2D eigenvalue weighted by atomic mass is 10.0. The fourth-order valence-electron chi connectivity index (χ4n) is 3.16. The largest absolute Gasteiger partial charge is 0.465 e. The Balaban J connectivity index is 2.12. The van der Waals surface area contributed by atoms with Gasteiger partial charge in [-0.25, -0.2) is 4.79 Å². The Labute approximate surface area is 146 Å². The molecule has 2 aromatic heterocycles. The van der Waals surface area contributed by atoms with Crippen LogP contribution in [0.25, 0.3) is 22.2 Å². The number of hydrogen-bond acceptors (Lipinski definition) is 3. The van der Waals surface area contributed by atoms with E-state index in [1.807, 2.05) is 13.0 Å². The van der Waals surface area contributed by atoms with Gasteiger partial charge in [0.1, 0.15) is 5.56 Å². The summed E-state index contributed by atoms with van der Waals surface area (Å²) in [5, 5.41) is 1.13. The maximum absolute atomic E-state index is 12.3. The van der Waals surface area contributed by atoms with E-state index >= 15 is 0 Å². The molecule has 0 saturated carbocycles. The van der Waals surface area contributed by atoms with Gasteiger partial charge < -0.3 is 14.3 Å². The van der Waals surface area contributed by atoms with Crippen molar-refractivity contribution < 1.29 is 9.53 Å². The molecular weight excluding hydrogens is 316 g/mol. The summed E-state index contributed by atoms with van der Waals surface area (Å²) >= 11 is 0. The molecule has 3 aromatic rings. The van der Waals surface area contributed by atoms with E-state index < -0.39 is 11.5 Å². The molecule has 0 radical (unpaired) electrons. The third-order valence-electron chi connectivity index (χ3n) is 4.43. The highest BCUT2D eigenvalue weighted by atomic mass is 16.5. The Bertz CT molecular complexity index is 982. The summed E-state index contributed by atoms with van der Waals surface area (Å²) in [5.74, 6) is -0.616. The first-order valence-electron chi connectivity index (χ1n) is 8.52. The number of methoxy groups -OCH3 is 1. The van der Waals surface area contributed by atoms with Gasteiger partial charge in [-0.15, -0.1) is 0 Å². The number of rotatable bonds is 5. The van der Waals surface area contributed by atoms with Crippen LogP contribution in [-0.4, -0.2) is 22.6 Å². The summed E-state index contributed by atoms with van der Waals surface area (Å²) < 4.78 is 6.91. The van der Waals surface area contributed by atoms with Gasteiger partial charge in [-0.05, 0) is 48.2 Å². The maximum Gasteiger partial charge on any atom is 0.343 e. The SMILES string of the molecule is CCCn1ccc2cc(-c3[nH]c(=O)c(C(=O)OC)cc3CC)ccc21. The minimum Gasteiger partial charge on any atom is -0.465 e. The molecule has 130 valence electrons. The van der Waals surface area contributed by atoms with Gasteiger partial charge in [0.05, 0.1) is 12.8 Å². The molecular formula is C20H22N2O3. The number of ether oxygens (including phenoxy) is 1. The standard InChI is InChI=1S/C20H22N2O3/c1-4-9-22-10-8-14-11-15(6-7-17(14)22)18-13(5-2)12-16(19(23)21-18)20(24)25-3/h6-8,10-12H,4-5,9H2,1-3H3,(H,21,23). The smallest absolute Gasteiger partial charge is 0.343 e. The zero-order chi connectivity index (χ0) is 18.0. The molecule has 0 bridgehead atoms. The molecule has 5 nitrogen and oxygen atoms in total. The topological polar surface area (TPSA) is 64.1 Å². The van der Waals surface area contributed by atoms with E-state index in [-0.39, 0.29) is 5.56 Å². The normalized spacial score (nSPS) is 11.0. The first kappa shape index (κ1) is 17.0. The lowest BCUT2D eigenvalue weighted by molar-refractivity contribution is 0.0598. The van der Waals surface area contributed by atoms with E-state index in [0.717, 1.165) is 35.2 Å². The van der Waals surface area contributed by atoms with Crippen LogP contribution >= 0.6 is 0 Å². The average Bonchev–Trinajstić information content (AvgIpc) is 3.03. The summed E-state index contributed by atoms with van der Waals surface area (Å²) in [6, 6.07) is 9.88. The number of nitrogens with zero attached hydrogens (tertiary/aromatic N) is 1. The maximum atomic E-state index is 12.3. The summed E-state index contributed by atoms with van der Waals surface area (Å²) in [5.41, 5.74) is 3.39. The summed E-state index contributed by atoms with van der Waals surface area (Å²) in [4.78, 5) is 26.9. The van der Waals surface area contributed by atoms with Crippen LogP contribution in [-0.2, 0) is 17.7 Å². The number of carbonyl (C=O) groups is 1. The minimum atomic E-state index is -0.616. The summed E-state index contributed by atoms with van der Waals surface area (Å²) in [6.07, 6.45) is 3.86. The van der Waals surface area contributed by atoms with Crippen molar-refractivity contribution in [3.63, 3.8) is 0 Å². The number of benzene rings is 1. The van der Waals surface area contributed by atoms with Crippen molar-refractivity contribution in [2.45, 2.75) is 33.2 Å². The molecule has 0 unspecified atom stereocenters. The van der Waals surface area contributed by atoms with Crippen LogP contribution in [0.2, 0.25) is 0 Å². The molecule has 5 heteroatoms. The number of pyridine rings is 1. The minimum absolute atomic E-state index is 0.0401. The van der Waals surface area contributed by atoms with Crippen molar-refractivity contribution in [1.29, 1.82) is 0 Å².